The fraction of sp³-hybridized carbons (Fsp3) is 0.240. The zero-order chi connectivity index (χ0) is 49.2. The van der Waals surface area contributed by atoms with Gasteiger partial charge in [0.25, 0.3) is 0 Å². The van der Waals surface area contributed by atoms with Gasteiger partial charge in [0.05, 0.1) is 37.7 Å². The van der Waals surface area contributed by atoms with E-state index in [1.54, 1.807) is 82.1 Å². The van der Waals surface area contributed by atoms with E-state index in [4.69, 9.17) is 9.47 Å². The van der Waals surface area contributed by atoms with Crippen LogP contribution in [0.4, 0.5) is 17.6 Å². The summed E-state index contributed by atoms with van der Waals surface area (Å²) in [5.41, 5.74) is 1.57. The number of nitriles is 2. The molecule has 0 bridgehead atoms. The number of imidazole rings is 2. The summed E-state index contributed by atoms with van der Waals surface area (Å²) in [6.07, 6.45) is 19.7. The van der Waals surface area contributed by atoms with E-state index >= 15 is 0 Å². The van der Waals surface area contributed by atoms with Crippen LogP contribution in [0, 0.1) is 59.8 Å². The maximum Gasteiger partial charge on any atom is 0.180 e. The molecule has 0 saturated carbocycles. The third-order valence-corrected chi connectivity index (χ3v) is 12.1. The van der Waals surface area contributed by atoms with Crippen molar-refractivity contribution in [3.8, 4) is 35.3 Å². The Morgan fingerprint density at radius 1 is 0.586 bits per heavy atom. The quantitative estimate of drug-likeness (QED) is 0.119. The fourth-order valence-electron chi connectivity index (χ4n) is 8.62. The van der Waals surface area contributed by atoms with E-state index in [2.05, 4.69) is 52.2 Å². The van der Waals surface area contributed by atoms with E-state index in [-0.39, 0.29) is 0 Å². The predicted molar refractivity (Wildman–Crippen MR) is 247 cm³/mol. The topological polar surface area (TPSA) is 189 Å². The minimum Gasteiger partial charge on any atom is -0.493 e. The Bertz CT molecular complexity index is 3190. The van der Waals surface area contributed by atoms with Gasteiger partial charge in [-0.15, -0.1) is 0 Å². The van der Waals surface area contributed by atoms with Gasteiger partial charge >= 0.3 is 0 Å². The number of ether oxygens (including phenoxy) is 2. The summed E-state index contributed by atoms with van der Waals surface area (Å²) in [7, 11) is 3.14. The van der Waals surface area contributed by atoms with Crippen molar-refractivity contribution in [3.05, 3.63) is 166 Å². The number of methoxy groups -OCH3 is 2. The summed E-state index contributed by atoms with van der Waals surface area (Å²) >= 11 is 0. The van der Waals surface area contributed by atoms with Crippen molar-refractivity contribution in [1.82, 2.24) is 58.6 Å². The van der Waals surface area contributed by atoms with Crippen LogP contribution in [0.1, 0.15) is 82.6 Å². The van der Waals surface area contributed by atoms with Crippen LogP contribution in [0.25, 0.3) is 35.9 Å². The zero-order valence-corrected chi connectivity index (χ0v) is 38.2. The largest absolute Gasteiger partial charge is 0.493 e. The Morgan fingerprint density at radius 2 is 1.01 bits per heavy atom. The molecule has 70 heavy (non-hydrogen) atoms. The summed E-state index contributed by atoms with van der Waals surface area (Å²) in [6, 6.07) is 15.3. The molecule has 0 radical (unpaired) electrons. The lowest BCUT2D eigenvalue weighted by molar-refractivity contribution is 0.390. The van der Waals surface area contributed by atoms with Crippen LogP contribution in [-0.4, -0.2) is 72.8 Å². The van der Waals surface area contributed by atoms with Crippen molar-refractivity contribution >= 4 is 24.3 Å². The number of rotatable bonds is 10. The zero-order valence-electron chi connectivity index (χ0n) is 38.2. The Balaban J connectivity index is 0.000000174. The molecular weight excluding hydrogens is 905 g/mol. The summed E-state index contributed by atoms with van der Waals surface area (Å²) in [5, 5.41) is 29.3. The van der Waals surface area contributed by atoms with Gasteiger partial charge in [0, 0.05) is 37.9 Å². The van der Waals surface area contributed by atoms with Gasteiger partial charge in [-0.3, -0.25) is 9.13 Å². The van der Waals surface area contributed by atoms with Crippen LogP contribution in [0.2, 0.25) is 0 Å². The van der Waals surface area contributed by atoms with Gasteiger partial charge in [-0.05, 0) is 122 Å². The van der Waals surface area contributed by atoms with Gasteiger partial charge in [-0.1, -0.05) is 12.1 Å². The molecule has 10 rings (SSSR count). The second-order valence-corrected chi connectivity index (χ2v) is 16.6. The maximum atomic E-state index is 14.0. The van der Waals surface area contributed by atoms with Crippen molar-refractivity contribution in [2.45, 2.75) is 63.5 Å². The summed E-state index contributed by atoms with van der Waals surface area (Å²) in [4.78, 5) is 26.6. The summed E-state index contributed by atoms with van der Waals surface area (Å²) in [5.74, 6) is 0.104. The molecule has 0 fully saturated rings. The Kier molecular flexibility index (Phi) is 12.6. The first-order chi connectivity index (χ1) is 33.9. The first-order valence-corrected chi connectivity index (χ1v) is 22.0. The molecule has 2 aliphatic heterocycles. The van der Waals surface area contributed by atoms with Gasteiger partial charge in [0.1, 0.15) is 23.5 Å². The summed E-state index contributed by atoms with van der Waals surface area (Å²) in [6.45, 7) is 4.95. The molecule has 0 saturated heterocycles. The van der Waals surface area contributed by atoms with Crippen LogP contribution >= 0.6 is 0 Å². The molecule has 6 aromatic heterocycles. The second-order valence-electron chi connectivity index (χ2n) is 16.6. The second kappa shape index (κ2) is 19.1. The van der Waals surface area contributed by atoms with Crippen LogP contribution in [0.3, 0.4) is 0 Å². The van der Waals surface area contributed by atoms with Gasteiger partial charge in [0.2, 0.25) is 0 Å². The van der Waals surface area contributed by atoms with Crippen molar-refractivity contribution in [1.29, 1.82) is 10.5 Å². The average Bonchev–Trinajstić information content (AvgIpc) is 4.21. The molecule has 8 aromatic rings. The van der Waals surface area contributed by atoms with Gasteiger partial charge < -0.3 is 9.47 Å². The number of fused-ring (bicyclic) bond motifs is 2. The lowest BCUT2D eigenvalue weighted by Crippen LogP contribution is -2.34. The van der Waals surface area contributed by atoms with Gasteiger partial charge in [0.15, 0.2) is 69.7 Å². The number of hydrogen-bond donors (Lipinski definition) is 0. The molecule has 2 atom stereocenters. The SMILES string of the molecule is COc1cc(/C=C/c2nc3n(n2)CCC[C@@]3(C#N)c2ccc(F)c(F)c2)cnc1-n1cnc(C)c1.COc1cc(/C=C/c2nc3n(n2)CCC[C@]3(C#N)c2ccc(F)c(F)c2)cnc1-n1cnc(C)c1. The monoisotopic (exact) mass is 946 g/mol. The first-order valence-electron chi connectivity index (χ1n) is 22.0. The Hall–Kier alpha value is -8.78. The Morgan fingerprint density at radius 3 is 1.37 bits per heavy atom. The van der Waals surface area contributed by atoms with E-state index < -0.39 is 34.1 Å². The molecule has 2 aromatic carbocycles. The molecule has 0 N–H and O–H groups in total. The van der Waals surface area contributed by atoms with Crippen molar-refractivity contribution in [3.63, 3.8) is 0 Å². The molecule has 352 valence electrons. The minimum atomic E-state index is -1.21. The number of pyridine rings is 2. The standard InChI is InChI=1S/2C25H21F2N7O/c2*1-16-13-33(15-30-16)23-21(35-2)10-17(12-29-23)4-7-22-31-24-25(14-28,8-3-9-34(24)32-22)18-5-6-19(26)20(27)11-18/h2*4-7,10-13,15H,3,8-9H2,1-2H3/b2*7-4+/t2*25-/m10/s1. The molecule has 0 unspecified atom stereocenters. The highest BCUT2D eigenvalue weighted by molar-refractivity contribution is 5.69. The fourth-order valence-corrected chi connectivity index (χ4v) is 8.62. The van der Waals surface area contributed by atoms with Crippen LogP contribution < -0.4 is 9.47 Å². The van der Waals surface area contributed by atoms with Crippen molar-refractivity contribution in [2.24, 2.45) is 0 Å². The van der Waals surface area contributed by atoms with Crippen molar-refractivity contribution < 1.29 is 27.0 Å². The van der Waals surface area contributed by atoms with E-state index in [0.29, 0.717) is 96.3 Å². The highest BCUT2D eigenvalue weighted by Crippen LogP contribution is 2.41. The molecule has 0 spiro atoms. The minimum absolute atomic E-state index is 0.363. The van der Waals surface area contributed by atoms with E-state index in [0.717, 1.165) is 46.8 Å². The van der Waals surface area contributed by atoms with Crippen LogP contribution in [-0.2, 0) is 23.9 Å². The van der Waals surface area contributed by atoms with Crippen LogP contribution in [0.15, 0.2) is 86.0 Å². The van der Waals surface area contributed by atoms with Gasteiger partial charge in [-0.2, -0.15) is 20.7 Å². The third kappa shape index (κ3) is 8.78. The average molecular weight is 947 g/mol. The third-order valence-electron chi connectivity index (χ3n) is 12.1. The number of halogens is 4. The van der Waals surface area contributed by atoms with E-state index in [1.807, 2.05) is 38.4 Å². The predicted octanol–water partition coefficient (Wildman–Crippen LogP) is 8.46. The molecule has 0 aliphatic carbocycles. The molecule has 16 nitrogen and oxygen atoms in total. The lowest BCUT2D eigenvalue weighted by Gasteiger charge is -2.30. The van der Waals surface area contributed by atoms with Gasteiger partial charge in [-0.25, -0.2) is 56.8 Å². The highest BCUT2D eigenvalue weighted by Gasteiger charge is 2.44. The van der Waals surface area contributed by atoms with Crippen molar-refractivity contribution in [2.75, 3.05) is 14.2 Å². The lowest BCUT2D eigenvalue weighted by atomic mass is 9.75. The number of benzene rings is 2. The molecule has 2 aliphatic rings. The first kappa shape index (κ1) is 46.3. The number of nitrogens with zero attached hydrogens (tertiary/aromatic N) is 14. The van der Waals surface area contributed by atoms with E-state index in [9.17, 15) is 28.1 Å². The van der Waals surface area contributed by atoms with Crippen LogP contribution in [0.5, 0.6) is 11.5 Å². The Labute approximate surface area is 398 Å². The normalized spacial score (nSPS) is 17.3. The number of hydrogen-bond acceptors (Lipinski definition) is 12. The molecule has 8 heterocycles. The molecule has 20 heteroatoms. The molecule has 0 amide bonds. The number of aromatic nitrogens is 12. The highest BCUT2D eigenvalue weighted by atomic mass is 19.2. The maximum absolute atomic E-state index is 14.0. The smallest absolute Gasteiger partial charge is 0.180 e. The number of aryl methyl sites for hydroxylation is 4. The molecular formula is C50H42F4N14O2. The summed E-state index contributed by atoms with van der Waals surface area (Å²) < 4.78 is 72.9. The van der Waals surface area contributed by atoms with E-state index in [1.165, 1.54) is 12.1 Å².